The Balaban J connectivity index is 2.59. The molecule has 1 aromatic carbocycles. The molecule has 112 valence electrons. The van der Waals surface area contributed by atoms with Gasteiger partial charge in [-0.05, 0) is 39.8 Å². The maximum atomic E-state index is 12.9. The number of benzene rings is 1. The Bertz CT molecular complexity index is 508. The van der Waals surface area contributed by atoms with Gasteiger partial charge in [0.25, 0.3) is 0 Å². The second kappa shape index (κ2) is 4.65. The Morgan fingerprint density at radius 3 is 2.20 bits per heavy atom. The van der Waals surface area contributed by atoms with Gasteiger partial charge in [0, 0.05) is 12.1 Å². The third kappa shape index (κ3) is 2.28. The Kier molecular flexibility index (Phi) is 3.53. The van der Waals surface area contributed by atoms with Crippen LogP contribution >= 0.6 is 0 Å². The van der Waals surface area contributed by atoms with Gasteiger partial charge < -0.3 is 4.90 Å². The van der Waals surface area contributed by atoms with E-state index in [9.17, 15) is 13.2 Å². The molecule has 0 amide bonds. The van der Waals surface area contributed by atoms with Crippen LogP contribution in [-0.2, 0) is 6.18 Å². The summed E-state index contributed by atoms with van der Waals surface area (Å²) in [7, 11) is 2.01. The Morgan fingerprint density at radius 1 is 1.15 bits per heavy atom. The summed E-state index contributed by atoms with van der Waals surface area (Å²) in [6, 6.07) is 4.61. The summed E-state index contributed by atoms with van der Waals surface area (Å²) in [4.78, 5) is 2.18. The molecule has 0 saturated carbocycles. The SMILES string of the molecule is CC(C)N1C[N+](C)(C(C)C)c2cc(C(F)(F)F)ccc21. The minimum Gasteiger partial charge on any atom is -0.317 e. The van der Waals surface area contributed by atoms with E-state index in [1.807, 2.05) is 20.9 Å². The van der Waals surface area contributed by atoms with E-state index in [1.165, 1.54) is 12.1 Å². The van der Waals surface area contributed by atoms with E-state index in [4.69, 9.17) is 0 Å². The van der Waals surface area contributed by atoms with Crippen LogP contribution in [0.2, 0.25) is 0 Å². The third-order valence-corrected chi connectivity index (χ3v) is 4.37. The number of rotatable bonds is 2. The summed E-state index contributed by atoms with van der Waals surface area (Å²) < 4.78 is 39.3. The van der Waals surface area contributed by atoms with Gasteiger partial charge in [-0.2, -0.15) is 13.2 Å². The summed E-state index contributed by atoms with van der Waals surface area (Å²) in [5.41, 5.74) is 1.12. The van der Waals surface area contributed by atoms with E-state index < -0.39 is 11.7 Å². The summed E-state index contributed by atoms with van der Waals surface area (Å²) in [5.74, 6) is 0. The fourth-order valence-electron chi connectivity index (χ4n) is 2.70. The van der Waals surface area contributed by atoms with Gasteiger partial charge in [-0.3, -0.25) is 4.48 Å². The molecule has 0 saturated heterocycles. The number of hydrogen-bond acceptors (Lipinski definition) is 1. The molecule has 0 aliphatic carbocycles. The van der Waals surface area contributed by atoms with Crippen LogP contribution < -0.4 is 9.38 Å². The minimum absolute atomic E-state index is 0.223. The van der Waals surface area contributed by atoms with Crippen molar-refractivity contribution in [2.75, 3.05) is 18.6 Å². The zero-order valence-corrected chi connectivity index (χ0v) is 12.6. The largest absolute Gasteiger partial charge is 0.416 e. The number of fused-ring (bicyclic) bond motifs is 1. The van der Waals surface area contributed by atoms with Crippen molar-refractivity contribution in [3.63, 3.8) is 0 Å². The monoisotopic (exact) mass is 287 g/mol. The molecule has 20 heavy (non-hydrogen) atoms. The summed E-state index contributed by atoms with van der Waals surface area (Å²) in [5, 5.41) is 0. The molecule has 2 rings (SSSR count). The molecule has 1 aromatic rings. The molecule has 0 fully saturated rings. The van der Waals surface area contributed by atoms with E-state index in [1.54, 1.807) is 6.07 Å². The molecule has 5 heteroatoms. The molecule has 1 unspecified atom stereocenters. The maximum absolute atomic E-state index is 12.9. The first-order valence-corrected chi connectivity index (χ1v) is 6.91. The first kappa shape index (κ1) is 15.2. The van der Waals surface area contributed by atoms with Crippen LogP contribution in [0.15, 0.2) is 18.2 Å². The van der Waals surface area contributed by atoms with Crippen LogP contribution in [0.5, 0.6) is 0 Å². The number of quaternary nitrogens is 1. The summed E-state index contributed by atoms with van der Waals surface area (Å²) in [6.07, 6.45) is -4.29. The highest BCUT2D eigenvalue weighted by Crippen LogP contribution is 2.45. The topological polar surface area (TPSA) is 3.24 Å². The standard InChI is InChI=1S/C15H22F3N2/c1-10(2)19-9-20(5,11(3)4)14-8-12(15(16,17)18)6-7-13(14)19/h6-8,10-11H,9H2,1-5H3/q+1. The van der Waals surface area contributed by atoms with Gasteiger partial charge >= 0.3 is 6.18 Å². The van der Waals surface area contributed by atoms with Gasteiger partial charge in [0.15, 0.2) is 12.4 Å². The predicted molar refractivity (Wildman–Crippen MR) is 76.8 cm³/mol. The van der Waals surface area contributed by atoms with Gasteiger partial charge in [-0.25, -0.2) is 0 Å². The predicted octanol–water partition coefficient (Wildman–Crippen LogP) is 4.24. The van der Waals surface area contributed by atoms with Crippen LogP contribution in [-0.4, -0.2) is 25.8 Å². The van der Waals surface area contributed by atoms with Crippen molar-refractivity contribution in [1.82, 2.24) is 4.48 Å². The van der Waals surface area contributed by atoms with Crippen molar-refractivity contribution >= 4 is 11.4 Å². The summed E-state index contributed by atoms with van der Waals surface area (Å²) in [6.45, 7) is 8.95. The van der Waals surface area contributed by atoms with Crippen LogP contribution in [0.1, 0.15) is 33.3 Å². The molecule has 1 aliphatic heterocycles. The average Bonchev–Trinajstić information content (AvgIpc) is 2.63. The van der Waals surface area contributed by atoms with Crippen LogP contribution in [0.3, 0.4) is 0 Å². The highest BCUT2D eigenvalue weighted by Gasteiger charge is 2.44. The molecular weight excluding hydrogens is 265 g/mol. The second-order valence-electron chi connectivity index (χ2n) is 6.27. The Labute approximate surface area is 118 Å². The van der Waals surface area contributed by atoms with Gasteiger partial charge in [0.1, 0.15) is 5.69 Å². The maximum Gasteiger partial charge on any atom is 0.416 e. The lowest BCUT2D eigenvalue weighted by molar-refractivity contribution is -0.137. The second-order valence-corrected chi connectivity index (χ2v) is 6.27. The molecule has 0 N–H and O–H groups in total. The molecular formula is C15H22F3N2+. The van der Waals surface area contributed by atoms with Gasteiger partial charge in [-0.1, -0.05) is 0 Å². The highest BCUT2D eigenvalue weighted by atomic mass is 19.4. The van der Waals surface area contributed by atoms with Crippen molar-refractivity contribution < 1.29 is 13.2 Å². The Morgan fingerprint density at radius 2 is 1.75 bits per heavy atom. The molecule has 1 atom stereocenters. The van der Waals surface area contributed by atoms with Crippen molar-refractivity contribution in [1.29, 1.82) is 0 Å². The minimum atomic E-state index is -4.29. The molecule has 0 spiro atoms. The van der Waals surface area contributed by atoms with Crippen molar-refractivity contribution in [3.05, 3.63) is 23.8 Å². The van der Waals surface area contributed by atoms with Gasteiger partial charge in [0.2, 0.25) is 0 Å². The van der Waals surface area contributed by atoms with Crippen LogP contribution in [0.25, 0.3) is 0 Å². The zero-order valence-electron chi connectivity index (χ0n) is 12.6. The van der Waals surface area contributed by atoms with E-state index >= 15 is 0 Å². The number of halogens is 3. The number of alkyl halides is 3. The highest BCUT2D eigenvalue weighted by molar-refractivity contribution is 5.75. The lowest BCUT2D eigenvalue weighted by atomic mass is 10.1. The number of nitrogens with zero attached hydrogens (tertiary/aromatic N) is 2. The number of hydrogen-bond donors (Lipinski definition) is 0. The first-order valence-electron chi connectivity index (χ1n) is 6.91. The molecule has 0 bridgehead atoms. The van der Waals surface area contributed by atoms with Crippen molar-refractivity contribution in [2.24, 2.45) is 0 Å². The fraction of sp³-hybridized carbons (Fsp3) is 0.600. The lowest BCUT2D eigenvalue weighted by Crippen LogP contribution is -2.53. The summed E-state index contributed by atoms with van der Waals surface area (Å²) >= 11 is 0. The lowest BCUT2D eigenvalue weighted by Gasteiger charge is -2.35. The van der Waals surface area contributed by atoms with Crippen molar-refractivity contribution in [3.8, 4) is 0 Å². The van der Waals surface area contributed by atoms with E-state index in [0.717, 1.165) is 11.4 Å². The van der Waals surface area contributed by atoms with Crippen LogP contribution in [0.4, 0.5) is 24.5 Å². The van der Waals surface area contributed by atoms with E-state index in [0.29, 0.717) is 11.2 Å². The first-order chi connectivity index (χ1) is 9.07. The normalized spacial score (nSPS) is 22.8. The van der Waals surface area contributed by atoms with Crippen LogP contribution in [0, 0.1) is 0 Å². The van der Waals surface area contributed by atoms with E-state index in [2.05, 4.69) is 18.7 Å². The molecule has 1 aliphatic rings. The fourth-order valence-corrected chi connectivity index (χ4v) is 2.70. The van der Waals surface area contributed by atoms with Gasteiger partial charge in [-0.15, -0.1) is 0 Å². The number of anilines is 1. The quantitative estimate of drug-likeness (QED) is 0.736. The van der Waals surface area contributed by atoms with Crippen molar-refractivity contribution in [2.45, 2.75) is 46.0 Å². The molecule has 0 radical (unpaired) electrons. The molecule has 0 aromatic heterocycles. The third-order valence-electron chi connectivity index (χ3n) is 4.37. The van der Waals surface area contributed by atoms with E-state index in [-0.39, 0.29) is 12.1 Å². The zero-order chi connectivity index (χ0) is 15.3. The molecule has 2 nitrogen and oxygen atoms in total. The molecule has 1 heterocycles. The smallest absolute Gasteiger partial charge is 0.317 e. The average molecular weight is 287 g/mol. The Hall–Kier alpha value is -1.23. The van der Waals surface area contributed by atoms with Gasteiger partial charge in [0.05, 0.1) is 18.7 Å².